The first kappa shape index (κ1) is 23.0. The minimum absolute atomic E-state index is 0.134. The van der Waals surface area contributed by atoms with E-state index in [2.05, 4.69) is 4.90 Å². The Kier molecular flexibility index (Phi) is 5.34. The van der Waals surface area contributed by atoms with Crippen LogP contribution in [0.15, 0.2) is 24.0 Å². The number of hydrogen-bond donors (Lipinski definition) is 2. The van der Waals surface area contributed by atoms with Crippen LogP contribution < -0.4 is 4.74 Å². The molecule has 1 fully saturated rings. The second kappa shape index (κ2) is 7.90. The smallest absolute Gasteiger partial charge is 0.315 e. The van der Waals surface area contributed by atoms with Gasteiger partial charge in [0.1, 0.15) is 11.5 Å². The molecule has 0 saturated carbocycles. The number of esters is 2. The number of carbonyl (C=O) groups is 3. The third-order valence-electron chi connectivity index (χ3n) is 7.97. The van der Waals surface area contributed by atoms with Gasteiger partial charge < -0.3 is 29.3 Å². The first-order chi connectivity index (χ1) is 16.1. The van der Waals surface area contributed by atoms with Crippen LogP contribution in [0.2, 0.25) is 0 Å². The number of hydrogen-bond acceptors (Lipinski definition) is 9. The Labute approximate surface area is 197 Å². The normalized spacial score (nSPS) is 31.6. The number of ketones is 1. The number of aliphatic hydroxyl groups is 2. The number of nitrogens with zero attached hydrogens (tertiary/aromatic N) is 1. The van der Waals surface area contributed by atoms with E-state index in [0.29, 0.717) is 24.2 Å². The van der Waals surface area contributed by atoms with Crippen molar-refractivity contribution in [2.24, 2.45) is 0 Å². The second-order valence-corrected chi connectivity index (χ2v) is 9.79. The summed E-state index contributed by atoms with van der Waals surface area (Å²) >= 11 is 0. The Morgan fingerprint density at radius 2 is 2.06 bits per heavy atom. The molecule has 0 aromatic heterocycles. The van der Waals surface area contributed by atoms with Crippen molar-refractivity contribution in [2.75, 3.05) is 13.6 Å². The molecule has 0 radical (unpaired) electrons. The number of piperidine rings is 1. The van der Waals surface area contributed by atoms with Crippen molar-refractivity contribution in [3.8, 4) is 5.75 Å². The molecule has 1 saturated heterocycles. The molecule has 2 aliphatic heterocycles. The first-order valence-corrected chi connectivity index (χ1v) is 11.6. The fraction of sp³-hybridized carbons (Fsp3) is 0.560. The number of likely N-dealkylation sites (tertiary alicyclic amines) is 1. The lowest BCUT2D eigenvalue weighted by Gasteiger charge is -2.61. The number of ether oxygens (including phenoxy) is 3. The Balaban J connectivity index is 1.52. The van der Waals surface area contributed by atoms with Crippen LogP contribution in [0.1, 0.15) is 49.8 Å². The van der Waals surface area contributed by atoms with Gasteiger partial charge in [0.05, 0.1) is 24.0 Å². The summed E-state index contributed by atoms with van der Waals surface area (Å²) in [4.78, 5) is 38.1. The van der Waals surface area contributed by atoms with Crippen molar-refractivity contribution in [1.29, 1.82) is 0 Å². The first-order valence-electron chi connectivity index (χ1n) is 11.6. The Hall–Kier alpha value is -2.75. The lowest BCUT2D eigenvalue weighted by atomic mass is 9.50. The van der Waals surface area contributed by atoms with Crippen LogP contribution in [0.3, 0.4) is 0 Å². The minimum atomic E-state index is -1.22. The van der Waals surface area contributed by atoms with Gasteiger partial charge in [-0.2, -0.15) is 0 Å². The Morgan fingerprint density at radius 3 is 2.74 bits per heavy atom. The van der Waals surface area contributed by atoms with E-state index in [0.717, 1.165) is 17.7 Å². The summed E-state index contributed by atoms with van der Waals surface area (Å²) in [6.07, 6.45) is 0.823. The molecule has 9 nitrogen and oxygen atoms in total. The minimum Gasteiger partial charge on any atom is -0.481 e. The van der Waals surface area contributed by atoms with Crippen LogP contribution in [0.5, 0.6) is 5.75 Å². The molecule has 34 heavy (non-hydrogen) atoms. The summed E-state index contributed by atoms with van der Waals surface area (Å²) in [5.41, 5.74) is 0.638. The maximum atomic E-state index is 12.8. The zero-order valence-corrected chi connectivity index (χ0v) is 19.5. The number of Topliss-reactive ketones (excluding diaryl/α,β-unsaturated/α-hetero) is 1. The summed E-state index contributed by atoms with van der Waals surface area (Å²) in [6.45, 7) is 2.93. The van der Waals surface area contributed by atoms with Crippen molar-refractivity contribution in [2.45, 2.75) is 75.4 Å². The summed E-state index contributed by atoms with van der Waals surface area (Å²) < 4.78 is 17.1. The summed E-state index contributed by atoms with van der Waals surface area (Å²) in [6, 6.07) is 3.70. The van der Waals surface area contributed by atoms with Gasteiger partial charge in [-0.3, -0.25) is 14.4 Å². The molecule has 2 unspecified atom stereocenters. The average Bonchev–Trinajstić information content (AvgIpc) is 3.13. The van der Waals surface area contributed by atoms with Gasteiger partial charge in [-0.15, -0.1) is 0 Å². The molecule has 4 aliphatic rings. The van der Waals surface area contributed by atoms with E-state index in [-0.39, 0.29) is 24.8 Å². The third-order valence-corrected chi connectivity index (χ3v) is 7.97. The Morgan fingerprint density at radius 1 is 1.29 bits per heavy atom. The van der Waals surface area contributed by atoms with E-state index in [9.17, 15) is 24.6 Å². The van der Waals surface area contributed by atoms with Crippen molar-refractivity contribution in [3.05, 3.63) is 40.7 Å². The predicted molar refractivity (Wildman–Crippen MR) is 118 cm³/mol. The van der Waals surface area contributed by atoms with E-state index in [4.69, 9.17) is 14.2 Å². The number of rotatable bonds is 6. The highest BCUT2D eigenvalue weighted by Gasteiger charge is 2.71. The van der Waals surface area contributed by atoms with E-state index < -0.39 is 47.4 Å². The van der Waals surface area contributed by atoms with Gasteiger partial charge in [0.2, 0.25) is 0 Å². The van der Waals surface area contributed by atoms with Crippen LogP contribution in [0.25, 0.3) is 0 Å². The molecular formula is C25H29NO8. The monoisotopic (exact) mass is 471 g/mol. The lowest BCUT2D eigenvalue weighted by molar-refractivity contribution is -0.171. The lowest BCUT2D eigenvalue weighted by Crippen LogP contribution is -2.74. The standard InChI is InChI=1S/C25H29NO8/c1-13(28)18(32-14(2)29)11-20(30)33-17-6-7-25(31)19-10-15-4-5-16(12-27)22-21(15)24(25,23(17)34-22)8-9-26(19)3/h4-6,18-19,23,27,31H,7-12H2,1-3H3/t18-,19+,23?,24?,25+/m0/s1. The summed E-state index contributed by atoms with van der Waals surface area (Å²) in [5.74, 6) is -1.01. The third kappa shape index (κ3) is 3.07. The number of carbonyl (C=O) groups excluding carboxylic acids is 3. The molecule has 1 aromatic carbocycles. The number of likely N-dealkylation sites (N-methyl/N-ethyl adjacent to an activating group) is 1. The zero-order valence-electron chi connectivity index (χ0n) is 19.5. The molecular weight excluding hydrogens is 442 g/mol. The highest BCUT2D eigenvalue weighted by molar-refractivity contribution is 5.87. The maximum absolute atomic E-state index is 12.8. The van der Waals surface area contributed by atoms with Crippen molar-refractivity contribution in [1.82, 2.24) is 4.90 Å². The van der Waals surface area contributed by atoms with Crippen LogP contribution in [0, 0.1) is 0 Å². The molecule has 9 heteroatoms. The maximum Gasteiger partial charge on any atom is 0.315 e. The predicted octanol–water partition coefficient (Wildman–Crippen LogP) is 0.911. The molecule has 2 heterocycles. The topological polar surface area (TPSA) is 123 Å². The average molecular weight is 472 g/mol. The van der Waals surface area contributed by atoms with Gasteiger partial charge in [0.25, 0.3) is 0 Å². The molecule has 2 bridgehead atoms. The highest BCUT2D eigenvalue weighted by Crippen LogP contribution is 2.64. The second-order valence-electron chi connectivity index (χ2n) is 9.79. The zero-order chi connectivity index (χ0) is 24.4. The highest BCUT2D eigenvalue weighted by atomic mass is 16.6. The van der Waals surface area contributed by atoms with E-state index in [1.165, 1.54) is 13.8 Å². The van der Waals surface area contributed by atoms with Gasteiger partial charge in [-0.1, -0.05) is 12.1 Å². The molecule has 5 atom stereocenters. The largest absolute Gasteiger partial charge is 0.481 e. The molecule has 182 valence electrons. The van der Waals surface area contributed by atoms with Gasteiger partial charge in [0, 0.05) is 30.5 Å². The van der Waals surface area contributed by atoms with Crippen molar-refractivity contribution >= 4 is 17.7 Å². The fourth-order valence-corrected chi connectivity index (χ4v) is 6.42. The summed E-state index contributed by atoms with van der Waals surface area (Å²) in [5, 5.41) is 22.1. The van der Waals surface area contributed by atoms with Crippen LogP contribution in [-0.4, -0.2) is 70.3 Å². The quantitative estimate of drug-likeness (QED) is 0.583. The van der Waals surface area contributed by atoms with Gasteiger partial charge >= 0.3 is 11.9 Å². The molecule has 0 amide bonds. The summed E-state index contributed by atoms with van der Waals surface area (Å²) in [7, 11) is 2.00. The van der Waals surface area contributed by atoms with E-state index in [1.807, 2.05) is 19.2 Å². The van der Waals surface area contributed by atoms with Crippen LogP contribution in [0.4, 0.5) is 0 Å². The van der Waals surface area contributed by atoms with Gasteiger partial charge in [-0.05, 0) is 45.0 Å². The molecule has 1 spiro atoms. The Bertz CT molecular complexity index is 1110. The number of benzene rings is 1. The van der Waals surface area contributed by atoms with E-state index >= 15 is 0 Å². The van der Waals surface area contributed by atoms with Gasteiger partial charge in [-0.25, -0.2) is 0 Å². The molecule has 2 N–H and O–H groups in total. The fourth-order valence-electron chi connectivity index (χ4n) is 6.42. The van der Waals surface area contributed by atoms with Crippen molar-refractivity contribution in [3.63, 3.8) is 0 Å². The van der Waals surface area contributed by atoms with Crippen molar-refractivity contribution < 1.29 is 38.8 Å². The van der Waals surface area contributed by atoms with Crippen LogP contribution >= 0.6 is 0 Å². The number of aliphatic hydroxyl groups excluding tert-OH is 1. The molecule has 5 rings (SSSR count). The van der Waals surface area contributed by atoms with Crippen LogP contribution in [-0.2, 0) is 42.3 Å². The molecule has 2 aliphatic carbocycles. The van der Waals surface area contributed by atoms with Gasteiger partial charge in [0.15, 0.2) is 18.0 Å². The van der Waals surface area contributed by atoms with E-state index in [1.54, 1.807) is 6.08 Å². The SMILES string of the molecule is CC(=O)O[C@@H](CC(=O)OC1=CC[C@@]2(O)[C@H]3Cc4ccc(CO)c5c4C2(CCN3C)C1O5)C(C)=O. The molecule has 1 aromatic rings.